The maximum absolute atomic E-state index is 11.4. The fourth-order valence-corrected chi connectivity index (χ4v) is 1.86. The first-order valence-corrected chi connectivity index (χ1v) is 5.98. The Bertz CT molecular complexity index is 358. The molecule has 0 spiro atoms. The third-order valence-electron chi connectivity index (χ3n) is 2.10. The first-order chi connectivity index (χ1) is 7.69. The predicted octanol–water partition coefficient (Wildman–Crippen LogP) is 2.23. The number of rotatable bonds is 5. The summed E-state index contributed by atoms with van der Waals surface area (Å²) in [7, 11) is 0. The number of carbonyl (C=O) groups excluding carboxylic acids is 1. The van der Waals surface area contributed by atoms with Gasteiger partial charge in [0, 0.05) is 18.9 Å². The number of esters is 1. The standard InChI is InChI=1S/C11H15BrN2O2/c1-3-14(8-11(15)16-4-2)10-5-6-13-7-9(10)12/h5-7H,3-4,8H2,1-2H3. The number of halogens is 1. The lowest BCUT2D eigenvalue weighted by Crippen LogP contribution is -2.31. The molecule has 0 amide bonds. The van der Waals surface area contributed by atoms with Gasteiger partial charge in [-0.25, -0.2) is 0 Å². The maximum Gasteiger partial charge on any atom is 0.325 e. The van der Waals surface area contributed by atoms with Gasteiger partial charge in [-0.1, -0.05) is 0 Å². The molecule has 1 aromatic heterocycles. The highest BCUT2D eigenvalue weighted by Crippen LogP contribution is 2.24. The second kappa shape index (κ2) is 6.48. The minimum atomic E-state index is -0.215. The first-order valence-electron chi connectivity index (χ1n) is 5.19. The molecule has 0 atom stereocenters. The number of ether oxygens (including phenoxy) is 1. The van der Waals surface area contributed by atoms with Crippen LogP contribution in [-0.4, -0.2) is 30.6 Å². The van der Waals surface area contributed by atoms with Crippen LogP contribution >= 0.6 is 15.9 Å². The summed E-state index contributed by atoms with van der Waals surface area (Å²) in [4.78, 5) is 17.3. The van der Waals surface area contributed by atoms with E-state index in [9.17, 15) is 4.79 Å². The Hall–Kier alpha value is -1.10. The molecule has 0 fully saturated rings. The molecule has 1 aromatic rings. The second-order valence-electron chi connectivity index (χ2n) is 3.15. The van der Waals surface area contributed by atoms with Crippen molar-refractivity contribution in [3.63, 3.8) is 0 Å². The Morgan fingerprint density at radius 3 is 2.88 bits per heavy atom. The minimum Gasteiger partial charge on any atom is -0.465 e. The van der Waals surface area contributed by atoms with Crippen molar-refractivity contribution in [3.05, 3.63) is 22.9 Å². The van der Waals surface area contributed by atoms with E-state index < -0.39 is 0 Å². The van der Waals surface area contributed by atoms with Crippen LogP contribution in [-0.2, 0) is 9.53 Å². The van der Waals surface area contributed by atoms with Gasteiger partial charge in [0.1, 0.15) is 6.54 Å². The highest BCUT2D eigenvalue weighted by molar-refractivity contribution is 9.10. The average Bonchev–Trinajstić information content (AvgIpc) is 2.27. The van der Waals surface area contributed by atoms with Crippen molar-refractivity contribution in [2.45, 2.75) is 13.8 Å². The van der Waals surface area contributed by atoms with Crippen molar-refractivity contribution in [2.24, 2.45) is 0 Å². The highest BCUT2D eigenvalue weighted by Gasteiger charge is 2.12. The van der Waals surface area contributed by atoms with Gasteiger partial charge in [0.25, 0.3) is 0 Å². The van der Waals surface area contributed by atoms with Crippen LogP contribution in [0.15, 0.2) is 22.9 Å². The van der Waals surface area contributed by atoms with Crippen LogP contribution in [0, 0.1) is 0 Å². The second-order valence-corrected chi connectivity index (χ2v) is 4.00. The summed E-state index contributed by atoms with van der Waals surface area (Å²) in [6.45, 7) is 5.20. The lowest BCUT2D eigenvalue weighted by atomic mass is 10.3. The van der Waals surface area contributed by atoms with Crippen molar-refractivity contribution < 1.29 is 9.53 Å². The van der Waals surface area contributed by atoms with E-state index in [0.717, 1.165) is 16.7 Å². The van der Waals surface area contributed by atoms with E-state index >= 15 is 0 Å². The molecule has 0 unspecified atom stereocenters. The van der Waals surface area contributed by atoms with Gasteiger partial charge in [-0.05, 0) is 35.8 Å². The smallest absolute Gasteiger partial charge is 0.325 e. The number of pyridine rings is 1. The number of anilines is 1. The molecule has 0 radical (unpaired) electrons. The molecule has 0 saturated carbocycles. The lowest BCUT2D eigenvalue weighted by Gasteiger charge is -2.22. The Morgan fingerprint density at radius 1 is 1.56 bits per heavy atom. The van der Waals surface area contributed by atoms with Crippen molar-refractivity contribution in [3.8, 4) is 0 Å². The van der Waals surface area contributed by atoms with E-state index in [-0.39, 0.29) is 12.5 Å². The zero-order chi connectivity index (χ0) is 12.0. The van der Waals surface area contributed by atoms with Crippen LogP contribution in [0.3, 0.4) is 0 Å². The molecule has 0 N–H and O–H groups in total. The monoisotopic (exact) mass is 286 g/mol. The molecule has 16 heavy (non-hydrogen) atoms. The fourth-order valence-electron chi connectivity index (χ4n) is 1.35. The molecule has 0 aromatic carbocycles. The summed E-state index contributed by atoms with van der Waals surface area (Å²) >= 11 is 3.41. The van der Waals surface area contributed by atoms with Crippen LogP contribution in [0.5, 0.6) is 0 Å². The third-order valence-corrected chi connectivity index (χ3v) is 2.71. The zero-order valence-electron chi connectivity index (χ0n) is 9.44. The quantitative estimate of drug-likeness (QED) is 0.779. The van der Waals surface area contributed by atoms with Crippen molar-refractivity contribution in [1.29, 1.82) is 0 Å². The molecule has 1 rings (SSSR count). The molecular formula is C11H15BrN2O2. The Morgan fingerprint density at radius 2 is 2.31 bits per heavy atom. The number of nitrogens with zero attached hydrogens (tertiary/aromatic N) is 2. The molecule has 0 aliphatic heterocycles. The van der Waals surface area contributed by atoms with E-state index in [1.807, 2.05) is 17.9 Å². The summed E-state index contributed by atoms with van der Waals surface area (Å²) in [6, 6.07) is 1.87. The molecule has 0 aliphatic carbocycles. The Kier molecular flexibility index (Phi) is 5.25. The minimum absolute atomic E-state index is 0.215. The van der Waals surface area contributed by atoms with Gasteiger partial charge in [-0.3, -0.25) is 9.78 Å². The summed E-state index contributed by atoms with van der Waals surface area (Å²) in [6.07, 6.45) is 3.41. The lowest BCUT2D eigenvalue weighted by molar-refractivity contribution is -0.141. The molecule has 0 bridgehead atoms. The summed E-state index contributed by atoms with van der Waals surface area (Å²) in [5, 5.41) is 0. The van der Waals surface area contributed by atoms with Gasteiger partial charge in [0.2, 0.25) is 0 Å². The van der Waals surface area contributed by atoms with E-state index in [4.69, 9.17) is 4.74 Å². The summed E-state index contributed by atoms with van der Waals surface area (Å²) < 4.78 is 5.80. The van der Waals surface area contributed by atoms with Crippen LogP contribution < -0.4 is 4.90 Å². The van der Waals surface area contributed by atoms with Crippen molar-refractivity contribution in [2.75, 3.05) is 24.6 Å². The van der Waals surface area contributed by atoms with E-state index in [0.29, 0.717) is 6.61 Å². The number of aromatic nitrogens is 1. The Labute approximate surface area is 104 Å². The number of likely N-dealkylation sites (N-methyl/N-ethyl adjacent to an activating group) is 1. The van der Waals surface area contributed by atoms with Crippen LogP contribution in [0.25, 0.3) is 0 Å². The highest BCUT2D eigenvalue weighted by atomic mass is 79.9. The maximum atomic E-state index is 11.4. The summed E-state index contributed by atoms with van der Waals surface area (Å²) in [5.74, 6) is -0.215. The predicted molar refractivity (Wildman–Crippen MR) is 66.5 cm³/mol. The van der Waals surface area contributed by atoms with Crippen molar-refractivity contribution in [1.82, 2.24) is 4.98 Å². The van der Waals surface area contributed by atoms with Gasteiger partial charge in [-0.2, -0.15) is 0 Å². The van der Waals surface area contributed by atoms with Gasteiger partial charge < -0.3 is 9.64 Å². The van der Waals surface area contributed by atoms with Gasteiger partial charge in [-0.15, -0.1) is 0 Å². The topological polar surface area (TPSA) is 42.4 Å². The zero-order valence-corrected chi connectivity index (χ0v) is 11.0. The Balaban J connectivity index is 2.75. The molecule has 88 valence electrons. The van der Waals surface area contributed by atoms with Crippen LogP contribution in [0.4, 0.5) is 5.69 Å². The number of carbonyl (C=O) groups is 1. The first kappa shape index (κ1) is 13.0. The number of hydrogen-bond acceptors (Lipinski definition) is 4. The largest absolute Gasteiger partial charge is 0.465 e. The molecule has 0 aliphatic rings. The van der Waals surface area contributed by atoms with Gasteiger partial charge in [0.05, 0.1) is 16.8 Å². The van der Waals surface area contributed by atoms with Crippen molar-refractivity contribution >= 4 is 27.6 Å². The third kappa shape index (κ3) is 3.48. The summed E-state index contributed by atoms with van der Waals surface area (Å²) in [5.41, 5.74) is 0.950. The normalized spacial score (nSPS) is 9.94. The van der Waals surface area contributed by atoms with E-state index in [1.54, 1.807) is 19.3 Å². The molecule has 5 heteroatoms. The molecular weight excluding hydrogens is 272 g/mol. The molecule has 1 heterocycles. The van der Waals surface area contributed by atoms with Crippen LogP contribution in [0.2, 0.25) is 0 Å². The average molecular weight is 287 g/mol. The molecule has 0 saturated heterocycles. The molecule has 4 nitrogen and oxygen atoms in total. The van der Waals surface area contributed by atoms with Crippen LogP contribution in [0.1, 0.15) is 13.8 Å². The van der Waals surface area contributed by atoms with Gasteiger partial charge in [0.15, 0.2) is 0 Å². The fraction of sp³-hybridized carbons (Fsp3) is 0.455. The van der Waals surface area contributed by atoms with E-state index in [1.165, 1.54) is 0 Å². The van der Waals surface area contributed by atoms with E-state index in [2.05, 4.69) is 20.9 Å². The number of hydrogen-bond donors (Lipinski definition) is 0. The van der Waals surface area contributed by atoms with Gasteiger partial charge >= 0.3 is 5.97 Å². The SMILES string of the molecule is CCOC(=O)CN(CC)c1ccncc1Br.